The summed E-state index contributed by atoms with van der Waals surface area (Å²) < 4.78 is 0. The first-order valence-corrected chi connectivity index (χ1v) is 8.47. The topological polar surface area (TPSA) is 68.8 Å². The number of carbonyl (C=O) groups excluding carboxylic acids is 2. The van der Waals surface area contributed by atoms with Gasteiger partial charge in [0.15, 0.2) is 0 Å². The molecule has 1 aromatic heterocycles. The van der Waals surface area contributed by atoms with Crippen molar-refractivity contribution in [2.24, 2.45) is 5.92 Å². The minimum atomic E-state index is -0.257. The zero-order valence-corrected chi connectivity index (χ0v) is 14.4. The van der Waals surface area contributed by atoms with E-state index in [1.165, 1.54) is 0 Å². The normalized spacial score (nSPS) is 22.6. The van der Waals surface area contributed by atoms with Crippen LogP contribution in [0.3, 0.4) is 0 Å². The molecule has 0 aromatic carbocycles. The van der Waals surface area contributed by atoms with Crippen molar-refractivity contribution in [2.75, 3.05) is 57.0 Å². The van der Waals surface area contributed by atoms with Crippen LogP contribution >= 0.6 is 0 Å². The maximum absolute atomic E-state index is 12.3. The maximum Gasteiger partial charge on any atom is 0.229 e. The monoisotopic (exact) mass is 331 g/mol. The Morgan fingerprint density at radius 3 is 2.54 bits per heavy atom. The second kappa shape index (κ2) is 7.17. The van der Waals surface area contributed by atoms with Crippen LogP contribution in [0.5, 0.6) is 0 Å². The number of nitrogens with zero attached hydrogens (tertiary/aromatic N) is 4. The molecule has 7 heteroatoms. The number of hydrogen-bond donors (Lipinski definition) is 1. The minimum absolute atomic E-state index is 0.0276. The molecule has 0 bridgehead atoms. The Morgan fingerprint density at radius 1 is 1.17 bits per heavy atom. The molecule has 1 N–H and O–H groups in total. The molecule has 7 nitrogen and oxygen atoms in total. The van der Waals surface area contributed by atoms with Gasteiger partial charge in [-0.2, -0.15) is 0 Å². The molecule has 2 aliphatic heterocycles. The predicted molar refractivity (Wildman–Crippen MR) is 92.9 cm³/mol. The molecule has 0 radical (unpaired) electrons. The van der Waals surface area contributed by atoms with Gasteiger partial charge in [0.05, 0.1) is 11.9 Å². The fraction of sp³-hybridized carbons (Fsp3) is 0.588. The largest absolute Gasteiger partial charge is 0.368 e. The average molecular weight is 331 g/mol. The van der Waals surface area contributed by atoms with Crippen molar-refractivity contribution in [3.8, 4) is 0 Å². The van der Waals surface area contributed by atoms with Crippen molar-refractivity contribution in [1.29, 1.82) is 0 Å². The Balaban J connectivity index is 1.56. The summed E-state index contributed by atoms with van der Waals surface area (Å²) in [5, 5.41) is 2.84. The number of carbonyl (C=O) groups is 2. The molecule has 0 saturated carbocycles. The van der Waals surface area contributed by atoms with Gasteiger partial charge >= 0.3 is 0 Å². The van der Waals surface area contributed by atoms with Crippen LogP contribution in [0.2, 0.25) is 0 Å². The van der Waals surface area contributed by atoms with Crippen molar-refractivity contribution in [1.82, 2.24) is 14.8 Å². The molecule has 3 rings (SSSR count). The van der Waals surface area contributed by atoms with Gasteiger partial charge in [0.25, 0.3) is 0 Å². The summed E-state index contributed by atoms with van der Waals surface area (Å²) in [6, 6.07) is 3.83. The first-order chi connectivity index (χ1) is 11.5. The summed E-state index contributed by atoms with van der Waals surface area (Å²) >= 11 is 0. The van der Waals surface area contributed by atoms with Crippen LogP contribution in [0.25, 0.3) is 0 Å². The highest BCUT2D eigenvalue weighted by Crippen LogP contribution is 2.20. The molecule has 3 heterocycles. The molecule has 2 fully saturated rings. The number of rotatable bonds is 3. The average Bonchev–Trinajstić information content (AvgIpc) is 2.59. The van der Waals surface area contributed by atoms with Crippen LogP contribution in [0.4, 0.5) is 11.5 Å². The third-order valence-corrected chi connectivity index (χ3v) is 4.90. The number of nitrogens with one attached hydrogen (secondary N) is 1. The number of piperidine rings is 1. The first kappa shape index (κ1) is 16.7. The quantitative estimate of drug-likeness (QED) is 0.880. The van der Waals surface area contributed by atoms with Gasteiger partial charge in [-0.1, -0.05) is 0 Å². The summed E-state index contributed by atoms with van der Waals surface area (Å²) in [6.45, 7) is 4.70. The molecule has 0 spiro atoms. The lowest BCUT2D eigenvalue weighted by Gasteiger charge is -2.33. The Hall–Kier alpha value is -2.15. The van der Waals surface area contributed by atoms with Crippen molar-refractivity contribution < 1.29 is 9.59 Å². The second-order valence-corrected chi connectivity index (χ2v) is 6.69. The van der Waals surface area contributed by atoms with Crippen molar-refractivity contribution in [2.45, 2.75) is 12.8 Å². The van der Waals surface area contributed by atoms with E-state index in [9.17, 15) is 9.59 Å². The number of amides is 2. The van der Waals surface area contributed by atoms with E-state index in [0.717, 1.165) is 31.9 Å². The van der Waals surface area contributed by atoms with Crippen LogP contribution in [0.15, 0.2) is 18.3 Å². The third-order valence-electron chi connectivity index (χ3n) is 4.90. The van der Waals surface area contributed by atoms with E-state index in [1.54, 1.807) is 18.1 Å². The van der Waals surface area contributed by atoms with Gasteiger partial charge in [-0.3, -0.25) is 9.59 Å². The van der Waals surface area contributed by atoms with Gasteiger partial charge in [-0.25, -0.2) is 4.98 Å². The van der Waals surface area contributed by atoms with Crippen LogP contribution in [-0.2, 0) is 9.59 Å². The zero-order valence-electron chi connectivity index (χ0n) is 14.4. The van der Waals surface area contributed by atoms with E-state index in [-0.39, 0.29) is 24.2 Å². The fourth-order valence-corrected chi connectivity index (χ4v) is 3.11. The maximum atomic E-state index is 12.3. The molecule has 2 amide bonds. The number of likely N-dealkylation sites (N-methyl/N-ethyl adjacent to an activating group) is 1. The molecule has 0 unspecified atom stereocenters. The van der Waals surface area contributed by atoms with Crippen LogP contribution in [0.1, 0.15) is 12.8 Å². The van der Waals surface area contributed by atoms with Crippen molar-refractivity contribution in [3.63, 3.8) is 0 Å². The highest BCUT2D eigenvalue weighted by Gasteiger charge is 2.28. The summed E-state index contributed by atoms with van der Waals surface area (Å²) in [4.78, 5) is 34.7. The smallest absolute Gasteiger partial charge is 0.229 e. The summed E-state index contributed by atoms with van der Waals surface area (Å²) in [6.07, 6.45) is 2.79. The highest BCUT2D eigenvalue weighted by atomic mass is 16.2. The van der Waals surface area contributed by atoms with Gasteiger partial charge in [-0.05, 0) is 25.6 Å². The summed E-state index contributed by atoms with van der Waals surface area (Å²) in [5.74, 6) is 0.202. The van der Waals surface area contributed by atoms with Crippen LogP contribution < -0.4 is 10.2 Å². The van der Waals surface area contributed by atoms with Gasteiger partial charge in [0, 0.05) is 52.1 Å². The third kappa shape index (κ3) is 3.84. The van der Waals surface area contributed by atoms with E-state index in [2.05, 4.69) is 27.1 Å². The molecular formula is C17H25N5O2. The Kier molecular flexibility index (Phi) is 4.99. The van der Waals surface area contributed by atoms with Gasteiger partial charge < -0.3 is 20.0 Å². The molecule has 2 aliphatic rings. The van der Waals surface area contributed by atoms with Gasteiger partial charge in [-0.15, -0.1) is 0 Å². The fourth-order valence-electron chi connectivity index (χ4n) is 3.11. The first-order valence-electron chi connectivity index (χ1n) is 8.47. The lowest BCUT2D eigenvalue weighted by Crippen LogP contribution is -2.44. The lowest BCUT2D eigenvalue weighted by atomic mass is 9.96. The van der Waals surface area contributed by atoms with E-state index in [0.29, 0.717) is 18.8 Å². The lowest BCUT2D eigenvalue weighted by molar-refractivity contribution is -0.137. The molecular weight excluding hydrogens is 306 g/mol. The molecule has 2 saturated heterocycles. The molecule has 1 atom stereocenters. The van der Waals surface area contributed by atoms with E-state index >= 15 is 0 Å². The predicted octanol–water partition coefficient (Wildman–Crippen LogP) is 0.640. The van der Waals surface area contributed by atoms with Crippen molar-refractivity contribution in [3.05, 3.63) is 18.3 Å². The van der Waals surface area contributed by atoms with Crippen molar-refractivity contribution >= 4 is 23.3 Å². The summed E-state index contributed by atoms with van der Waals surface area (Å²) in [5.41, 5.74) is 1.08. The molecule has 130 valence electrons. The number of hydrogen-bond acceptors (Lipinski definition) is 5. The van der Waals surface area contributed by atoms with E-state index < -0.39 is 0 Å². The summed E-state index contributed by atoms with van der Waals surface area (Å²) in [7, 11) is 3.90. The van der Waals surface area contributed by atoms with Gasteiger partial charge in [0.2, 0.25) is 11.8 Å². The molecule has 24 heavy (non-hydrogen) atoms. The highest BCUT2D eigenvalue weighted by molar-refractivity contribution is 5.95. The molecule has 1 aromatic rings. The second-order valence-electron chi connectivity index (χ2n) is 6.69. The van der Waals surface area contributed by atoms with Gasteiger partial charge in [0.1, 0.15) is 5.82 Å². The Bertz CT molecular complexity index is 596. The number of anilines is 2. The standard InChI is InChI=1S/C17H25N5O2/c1-20-7-9-22(10-8-20)14-3-4-15(18-12-14)19-17(24)13-5-6-21(2)16(23)11-13/h3-4,12-13H,5-11H2,1-2H3,(H,18,19,24)/t13-/m0/s1. The minimum Gasteiger partial charge on any atom is -0.368 e. The van der Waals surface area contributed by atoms with Crippen LogP contribution in [0, 0.1) is 5.92 Å². The van der Waals surface area contributed by atoms with Crippen LogP contribution in [-0.4, -0.2) is 73.4 Å². The SMILES string of the molecule is CN1CCN(c2ccc(NC(=O)[C@H]3CCN(C)C(=O)C3)nc2)CC1. The van der Waals surface area contributed by atoms with E-state index in [4.69, 9.17) is 0 Å². The number of likely N-dealkylation sites (tertiary alicyclic amines) is 1. The Morgan fingerprint density at radius 2 is 1.92 bits per heavy atom. The Labute approximate surface area is 142 Å². The van der Waals surface area contributed by atoms with E-state index in [1.807, 2.05) is 12.1 Å². The number of aromatic nitrogens is 1. The zero-order chi connectivity index (χ0) is 17.1. The number of pyridine rings is 1. The molecule has 0 aliphatic carbocycles. The number of piperazine rings is 1.